The highest BCUT2D eigenvalue weighted by molar-refractivity contribution is 5.04. The number of aliphatic hydroxyl groups excluding tert-OH is 1. The number of likely N-dealkylation sites (tertiary alicyclic amines) is 1. The smallest absolute Gasteiger partial charge is 0.0619 e. The van der Waals surface area contributed by atoms with Gasteiger partial charge in [0.15, 0.2) is 0 Å². The quantitative estimate of drug-likeness (QED) is 0.660. The van der Waals surface area contributed by atoms with Crippen molar-refractivity contribution in [2.24, 2.45) is 17.6 Å². The van der Waals surface area contributed by atoms with E-state index in [1.807, 2.05) is 0 Å². The van der Waals surface area contributed by atoms with Gasteiger partial charge in [-0.2, -0.15) is 0 Å². The topological polar surface area (TPSA) is 58.7 Å². The molecule has 15 heavy (non-hydrogen) atoms. The van der Waals surface area contributed by atoms with Crippen LogP contribution in [0.1, 0.15) is 13.8 Å². The number of rotatable bonds is 2. The summed E-state index contributed by atoms with van der Waals surface area (Å²) in [5.41, 5.74) is 5.90. The average Bonchev–Trinajstić information content (AvgIpc) is 2.16. The van der Waals surface area contributed by atoms with Crippen molar-refractivity contribution in [2.45, 2.75) is 25.4 Å². The van der Waals surface area contributed by atoms with Crippen LogP contribution in [0.15, 0.2) is 0 Å². The monoisotopic (exact) mass is 214 g/mol. The van der Waals surface area contributed by atoms with Gasteiger partial charge in [0.25, 0.3) is 0 Å². The number of hydrogen-bond donors (Lipinski definition) is 2. The molecule has 2 bridgehead atoms. The van der Waals surface area contributed by atoms with E-state index in [1.165, 1.54) is 0 Å². The van der Waals surface area contributed by atoms with E-state index in [-0.39, 0.29) is 18.4 Å². The van der Waals surface area contributed by atoms with Crippen LogP contribution in [0.5, 0.6) is 0 Å². The van der Waals surface area contributed by atoms with Crippen LogP contribution in [-0.2, 0) is 4.74 Å². The fourth-order valence-electron chi connectivity index (χ4n) is 2.76. The highest BCUT2D eigenvalue weighted by atomic mass is 16.5. The fourth-order valence-corrected chi connectivity index (χ4v) is 2.76. The van der Waals surface area contributed by atoms with Gasteiger partial charge in [0.1, 0.15) is 0 Å². The van der Waals surface area contributed by atoms with Crippen molar-refractivity contribution in [3.63, 3.8) is 0 Å². The Labute approximate surface area is 91.4 Å². The van der Waals surface area contributed by atoms with Gasteiger partial charge in [-0.25, -0.2) is 0 Å². The Balaban J connectivity index is 2.15. The van der Waals surface area contributed by atoms with Crippen molar-refractivity contribution < 1.29 is 9.84 Å². The van der Waals surface area contributed by atoms with Crippen LogP contribution >= 0.6 is 0 Å². The molecule has 2 rings (SSSR count). The van der Waals surface area contributed by atoms with Crippen molar-refractivity contribution in [1.29, 1.82) is 0 Å². The van der Waals surface area contributed by atoms with Gasteiger partial charge in [0.05, 0.1) is 25.4 Å². The Kier molecular flexibility index (Phi) is 3.03. The van der Waals surface area contributed by atoms with Gasteiger partial charge in [0.2, 0.25) is 0 Å². The Morgan fingerprint density at radius 1 is 1.40 bits per heavy atom. The summed E-state index contributed by atoms with van der Waals surface area (Å²) in [7, 11) is 0. The van der Waals surface area contributed by atoms with E-state index in [4.69, 9.17) is 10.5 Å². The third kappa shape index (κ3) is 1.80. The molecule has 2 unspecified atom stereocenters. The van der Waals surface area contributed by atoms with Gasteiger partial charge >= 0.3 is 0 Å². The molecule has 0 aromatic rings. The summed E-state index contributed by atoms with van der Waals surface area (Å²) in [5, 5.41) is 9.48. The minimum atomic E-state index is -0.413. The van der Waals surface area contributed by atoms with Crippen molar-refractivity contribution in [3.8, 4) is 0 Å². The molecule has 0 spiro atoms. The third-order valence-electron chi connectivity index (χ3n) is 4.07. The van der Waals surface area contributed by atoms with E-state index in [0.717, 1.165) is 13.1 Å². The van der Waals surface area contributed by atoms with E-state index >= 15 is 0 Å². The molecule has 88 valence electrons. The number of nitrogens with zero attached hydrogens (tertiary/aromatic N) is 1. The molecule has 0 saturated carbocycles. The molecular formula is C11H22N2O2. The molecule has 4 nitrogen and oxygen atoms in total. The van der Waals surface area contributed by atoms with E-state index in [0.29, 0.717) is 19.3 Å². The summed E-state index contributed by atoms with van der Waals surface area (Å²) in [4.78, 5) is 2.44. The first-order valence-corrected chi connectivity index (χ1v) is 5.79. The number of hydrogen-bond acceptors (Lipinski definition) is 4. The summed E-state index contributed by atoms with van der Waals surface area (Å²) in [6, 6.07) is 0.552. The third-order valence-corrected chi connectivity index (χ3v) is 4.07. The molecule has 0 amide bonds. The molecule has 4 heteroatoms. The van der Waals surface area contributed by atoms with Crippen LogP contribution < -0.4 is 5.73 Å². The molecule has 2 fully saturated rings. The van der Waals surface area contributed by atoms with Crippen molar-refractivity contribution in [3.05, 3.63) is 0 Å². The minimum Gasteiger partial charge on any atom is -0.394 e. The lowest BCUT2D eigenvalue weighted by atomic mass is 9.70. The van der Waals surface area contributed by atoms with Crippen molar-refractivity contribution in [2.75, 3.05) is 32.9 Å². The minimum absolute atomic E-state index is 0.0810. The zero-order valence-corrected chi connectivity index (χ0v) is 9.65. The van der Waals surface area contributed by atoms with Crippen LogP contribution in [-0.4, -0.2) is 54.5 Å². The highest BCUT2D eigenvalue weighted by Crippen LogP contribution is 2.35. The number of ether oxygens (including phenoxy) is 1. The van der Waals surface area contributed by atoms with Crippen LogP contribution in [0, 0.1) is 11.8 Å². The predicted molar refractivity (Wildman–Crippen MR) is 58.5 cm³/mol. The van der Waals surface area contributed by atoms with Gasteiger partial charge in [-0.05, 0) is 13.8 Å². The zero-order valence-electron chi connectivity index (χ0n) is 9.65. The van der Waals surface area contributed by atoms with E-state index in [2.05, 4.69) is 18.7 Å². The maximum Gasteiger partial charge on any atom is 0.0619 e. The molecule has 0 aromatic carbocycles. The van der Waals surface area contributed by atoms with E-state index < -0.39 is 5.54 Å². The van der Waals surface area contributed by atoms with Gasteiger partial charge in [-0.3, -0.25) is 0 Å². The summed E-state index contributed by atoms with van der Waals surface area (Å²) < 4.78 is 5.54. The maximum absolute atomic E-state index is 9.48. The molecule has 3 N–H and O–H groups in total. The summed E-state index contributed by atoms with van der Waals surface area (Å²) >= 11 is 0. The Morgan fingerprint density at radius 2 is 1.93 bits per heavy atom. The lowest BCUT2D eigenvalue weighted by molar-refractivity contribution is -0.117. The number of nitrogens with two attached hydrogens (primary N) is 1. The molecule has 0 aromatic heterocycles. The maximum atomic E-state index is 9.48. The van der Waals surface area contributed by atoms with E-state index in [9.17, 15) is 5.11 Å². The van der Waals surface area contributed by atoms with Gasteiger partial charge in [0, 0.05) is 31.0 Å². The number of aliphatic hydroxyl groups is 1. The second-order valence-electron chi connectivity index (χ2n) is 5.25. The molecule has 2 saturated heterocycles. The molecule has 0 aliphatic carbocycles. The number of fused-ring (bicyclic) bond motifs is 2. The molecule has 2 heterocycles. The molecular weight excluding hydrogens is 192 g/mol. The normalized spacial score (nSPS) is 42.2. The van der Waals surface area contributed by atoms with Crippen LogP contribution in [0.4, 0.5) is 0 Å². The Hall–Kier alpha value is -0.160. The van der Waals surface area contributed by atoms with Crippen LogP contribution in [0.3, 0.4) is 0 Å². The van der Waals surface area contributed by atoms with Crippen LogP contribution in [0.2, 0.25) is 0 Å². The Bertz CT molecular complexity index is 219. The van der Waals surface area contributed by atoms with Gasteiger partial charge in [-0.15, -0.1) is 0 Å². The van der Waals surface area contributed by atoms with Crippen molar-refractivity contribution in [1.82, 2.24) is 4.90 Å². The first kappa shape index (κ1) is 11.3. The van der Waals surface area contributed by atoms with Gasteiger partial charge < -0.3 is 20.5 Å². The zero-order chi connectivity index (χ0) is 11.1. The largest absolute Gasteiger partial charge is 0.394 e. The van der Waals surface area contributed by atoms with Crippen molar-refractivity contribution >= 4 is 0 Å². The first-order chi connectivity index (χ1) is 7.08. The summed E-state index contributed by atoms with van der Waals surface area (Å²) in [5.74, 6) is 0.551. The Morgan fingerprint density at radius 3 is 2.33 bits per heavy atom. The molecule has 2 aliphatic heterocycles. The fraction of sp³-hybridized carbons (Fsp3) is 1.00. The van der Waals surface area contributed by atoms with Gasteiger partial charge in [-0.1, -0.05) is 0 Å². The second-order valence-corrected chi connectivity index (χ2v) is 5.25. The first-order valence-electron chi connectivity index (χ1n) is 5.79. The average molecular weight is 214 g/mol. The predicted octanol–water partition coefficient (Wildman–Crippen LogP) is -0.337. The number of piperidine rings is 1. The molecule has 0 radical (unpaired) electrons. The SMILES string of the molecule is CC(C)N1CC2COCC(C1)C2(N)CO. The molecule has 2 aliphatic rings. The second kappa shape index (κ2) is 4.01. The lowest BCUT2D eigenvalue weighted by Gasteiger charge is -2.53. The van der Waals surface area contributed by atoms with Crippen LogP contribution in [0.25, 0.3) is 0 Å². The van der Waals surface area contributed by atoms with E-state index in [1.54, 1.807) is 0 Å². The standard InChI is InChI=1S/C11H22N2O2/c1-8(2)13-3-9-5-15-6-10(4-13)11(9,12)7-14/h8-10,14H,3-7,12H2,1-2H3. The molecule has 2 atom stereocenters. The summed E-state index contributed by atoms with van der Waals surface area (Å²) in [6.45, 7) is 7.78. The lowest BCUT2D eigenvalue weighted by Crippen LogP contribution is -2.70. The summed E-state index contributed by atoms with van der Waals surface area (Å²) in [6.07, 6.45) is 0. The highest BCUT2D eigenvalue weighted by Gasteiger charge is 2.49.